The highest BCUT2D eigenvalue weighted by Crippen LogP contribution is 2.11. The van der Waals surface area contributed by atoms with Crippen LogP contribution in [0.3, 0.4) is 0 Å². The van der Waals surface area contributed by atoms with Crippen molar-refractivity contribution in [3.05, 3.63) is 78.9 Å². The lowest BCUT2D eigenvalue weighted by Crippen LogP contribution is -1.96. The number of aromatic nitrogens is 2. The van der Waals surface area contributed by atoms with Crippen LogP contribution in [0.1, 0.15) is 5.56 Å². The summed E-state index contributed by atoms with van der Waals surface area (Å²) in [4.78, 5) is 0. The second kappa shape index (κ2) is 4.34. The maximum atomic E-state index is 2.18. The lowest BCUT2D eigenvalue weighted by molar-refractivity contribution is 0.806. The summed E-state index contributed by atoms with van der Waals surface area (Å²) >= 11 is 0. The summed E-state index contributed by atoms with van der Waals surface area (Å²) in [6, 6.07) is 16.8. The monoisotopic (exact) mass is 222 g/mol. The van der Waals surface area contributed by atoms with Crippen LogP contribution in [0.5, 0.6) is 0 Å². The molecule has 0 aliphatic carbocycles. The molecule has 2 heteroatoms. The molecule has 2 heterocycles. The first-order valence-electron chi connectivity index (χ1n) is 5.75. The topological polar surface area (TPSA) is 9.86 Å². The van der Waals surface area contributed by atoms with Crippen LogP contribution in [0.15, 0.2) is 73.3 Å². The number of rotatable bonds is 3. The summed E-state index contributed by atoms with van der Waals surface area (Å²) in [5.41, 5.74) is 2.52. The molecule has 0 N–H and O–H groups in total. The SMILES string of the molecule is c1ccn(Cc2ccc(-n3cccc3)cc2)c1. The van der Waals surface area contributed by atoms with Gasteiger partial charge in [0.05, 0.1) is 0 Å². The molecule has 0 bridgehead atoms. The number of nitrogens with zero attached hydrogens (tertiary/aromatic N) is 2. The van der Waals surface area contributed by atoms with Gasteiger partial charge in [0.15, 0.2) is 0 Å². The third kappa shape index (κ3) is 2.16. The van der Waals surface area contributed by atoms with Gasteiger partial charge < -0.3 is 9.13 Å². The van der Waals surface area contributed by atoms with Gasteiger partial charge >= 0.3 is 0 Å². The Balaban J connectivity index is 1.81. The normalized spacial score (nSPS) is 10.6. The van der Waals surface area contributed by atoms with E-state index in [1.54, 1.807) is 0 Å². The quantitative estimate of drug-likeness (QED) is 0.643. The van der Waals surface area contributed by atoms with Crippen molar-refractivity contribution in [1.82, 2.24) is 9.13 Å². The second-order valence-corrected chi connectivity index (χ2v) is 4.11. The first kappa shape index (κ1) is 9.97. The summed E-state index contributed by atoms with van der Waals surface area (Å²) < 4.78 is 4.28. The first-order valence-corrected chi connectivity index (χ1v) is 5.75. The van der Waals surface area contributed by atoms with Gasteiger partial charge in [-0.1, -0.05) is 12.1 Å². The van der Waals surface area contributed by atoms with Crippen molar-refractivity contribution >= 4 is 0 Å². The highest BCUT2D eigenvalue weighted by Gasteiger charge is 1.96. The van der Waals surface area contributed by atoms with Crippen molar-refractivity contribution in [2.75, 3.05) is 0 Å². The molecule has 2 aromatic heterocycles. The summed E-state index contributed by atoms with van der Waals surface area (Å²) in [7, 11) is 0. The average Bonchev–Trinajstić information content (AvgIpc) is 3.01. The fraction of sp³-hybridized carbons (Fsp3) is 0.0667. The molecule has 2 nitrogen and oxygen atoms in total. The van der Waals surface area contributed by atoms with E-state index in [1.165, 1.54) is 11.3 Å². The maximum absolute atomic E-state index is 2.18. The molecule has 0 saturated heterocycles. The van der Waals surface area contributed by atoms with E-state index in [-0.39, 0.29) is 0 Å². The van der Waals surface area contributed by atoms with Crippen LogP contribution in [-0.4, -0.2) is 9.13 Å². The number of benzene rings is 1. The van der Waals surface area contributed by atoms with Crippen molar-refractivity contribution in [2.45, 2.75) is 6.54 Å². The zero-order valence-electron chi connectivity index (χ0n) is 9.53. The molecule has 0 aliphatic rings. The lowest BCUT2D eigenvalue weighted by Gasteiger charge is -2.06. The van der Waals surface area contributed by atoms with Gasteiger partial charge in [-0.2, -0.15) is 0 Å². The molecule has 0 unspecified atom stereocenters. The van der Waals surface area contributed by atoms with Crippen LogP contribution < -0.4 is 0 Å². The predicted octanol–water partition coefficient (Wildman–Crippen LogP) is 3.33. The van der Waals surface area contributed by atoms with Gasteiger partial charge in [-0.25, -0.2) is 0 Å². The molecule has 0 fully saturated rings. The Labute approximate surface area is 101 Å². The van der Waals surface area contributed by atoms with E-state index in [0.717, 1.165) is 6.54 Å². The van der Waals surface area contributed by atoms with E-state index in [1.807, 2.05) is 24.3 Å². The molecule has 17 heavy (non-hydrogen) atoms. The van der Waals surface area contributed by atoms with Crippen molar-refractivity contribution in [3.8, 4) is 5.69 Å². The standard InChI is InChI=1S/C15H14N2/c1-2-10-16(9-1)13-14-5-7-15(8-6-14)17-11-3-4-12-17/h1-12H,13H2. The first-order chi connectivity index (χ1) is 8.42. The summed E-state index contributed by atoms with van der Waals surface area (Å²) in [5, 5.41) is 0. The molecule has 0 spiro atoms. The van der Waals surface area contributed by atoms with Crippen molar-refractivity contribution in [3.63, 3.8) is 0 Å². The van der Waals surface area contributed by atoms with Crippen molar-refractivity contribution in [2.24, 2.45) is 0 Å². The van der Waals surface area contributed by atoms with Gasteiger partial charge in [-0.05, 0) is 42.0 Å². The Bertz CT molecular complexity index is 560. The number of hydrogen-bond acceptors (Lipinski definition) is 0. The Morgan fingerprint density at radius 3 is 1.94 bits per heavy atom. The molecule has 0 aliphatic heterocycles. The molecular formula is C15H14N2. The highest BCUT2D eigenvalue weighted by atomic mass is 14.9. The van der Waals surface area contributed by atoms with Crippen LogP contribution in [-0.2, 0) is 6.54 Å². The van der Waals surface area contributed by atoms with Gasteiger partial charge in [0.25, 0.3) is 0 Å². The molecule has 0 atom stereocenters. The van der Waals surface area contributed by atoms with Gasteiger partial charge in [-0.3, -0.25) is 0 Å². The summed E-state index contributed by atoms with van der Waals surface area (Å²) in [6.07, 6.45) is 8.28. The zero-order valence-corrected chi connectivity index (χ0v) is 9.53. The summed E-state index contributed by atoms with van der Waals surface area (Å²) in [6.45, 7) is 0.930. The Morgan fingerprint density at radius 1 is 0.706 bits per heavy atom. The van der Waals surface area contributed by atoms with Gasteiger partial charge in [0.1, 0.15) is 0 Å². The number of hydrogen-bond donors (Lipinski definition) is 0. The van der Waals surface area contributed by atoms with E-state index < -0.39 is 0 Å². The molecule has 1 aromatic carbocycles. The zero-order chi connectivity index (χ0) is 11.5. The minimum absolute atomic E-state index is 0.930. The lowest BCUT2D eigenvalue weighted by atomic mass is 10.2. The molecule has 0 radical (unpaired) electrons. The predicted molar refractivity (Wildman–Crippen MR) is 69.3 cm³/mol. The Kier molecular flexibility index (Phi) is 2.54. The van der Waals surface area contributed by atoms with E-state index >= 15 is 0 Å². The third-order valence-electron chi connectivity index (χ3n) is 2.87. The van der Waals surface area contributed by atoms with Gasteiger partial charge in [-0.15, -0.1) is 0 Å². The van der Waals surface area contributed by atoms with Crippen molar-refractivity contribution < 1.29 is 0 Å². The fourth-order valence-electron chi connectivity index (χ4n) is 1.97. The van der Waals surface area contributed by atoms with E-state index in [9.17, 15) is 0 Å². The molecule has 0 amide bonds. The molecule has 84 valence electrons. The van der Waals surface area contributed by atoms with E-state index in [0.29, 0.717) is 0 Å². The largest absolute Gasteiger partial charge is 0.350 e. The Morgan fingerprint density at radius 2 is 1.29 bits per heavy atom. The molecular weight excluding hydrogens is 208 g/mol. The minimum atomic E-state index is 0.930. The van der Waals surface area contributed by atoms with Gasteiger partial charge in [0.2, 0.25) is 0 Å². The van der Waals surface area contributed by atoms with Crippen LogP contribution in [0.2, 0.25) is 0 Å². The smallest absolute Gasteiger partial charge is 0.0470 e. The summed E-state index contributed by atoms with van der Waals surface area (Å²) in [5.74, 6) is 0. The molecule has 3 aromatic rings. The van der Waals surface area contributed by atoms with E-state index in [2.05, 4.69) is 58.2 Å². The fourth-order valence-corrected chi connectivity index (χ4v) is 1.97. The Hall–Kier alpha value is -2.22. The van der Waals surface area contributed by atoms with Crippen molar-refractivity contribution in [1.29, 1.82) is 0 Å². The van der Waals surface area contributed by atoms with Gasteiger partial charge in [0, 0.05) is 37.0 Å². The van der Waals surface area contributed by atoms with Crippen LogP contribution in [0.25, 0.3) is 5.69 Å². The third-order valence-corrected chi connectivity index (χ3v) is 2.87. The highest BCUT2D eigenvalue weighted by molar-refractivity contribution is 5.35. The average molecular weight is 222 g/mol. The van der Waals surface area contributed by atoms with Crippen LogP contribution in [0, 0.1) is 0 Å². The molecule has 0 saturated carbocycles. The maximum Gasteiger partial charge on any atom is 0.0470 e. The van der Waals surface area contributed by atoms with Crippen LogP contribution in [0.4, 0.5) is 0 Å². The minimum Gasteiger partial charge on any atom is -0.350 e. The van der Waals surface area contributed by atoms with E-state index in [4.69, 9.17) is 0 Å². The molecule has 3 rings (SSSR count). The van der Waals surface area contributed by atoms with Crippen LogP contribution >= 0.6 is 0 Å². The second-order valence-electron chi connectivity index (χ2n) is 4.11.